The van der Waals surface area contributed by atoms with Gasteiger partial charge < -0.3 is 10.1 Å². The predicted octanol–water partition coefficient (Wildman–Crippen LogP) is 6.09. The maximum atomic E-state index is 12.2. The van der Waals surface area contributed by atoms with Gasteiger partial charge in [0.1, 0.15) is 12.9 Å². The summed E-state index contributed by atoms with van der Waals surface area (Å²) >= 11 is 6.00. The molecule has 0 atom stereocenters. The molecule has 3 aromatic carbocycles. The molecule has 0 heterocycles. The lowest BCUT2D eigenvalue weighted by Gasteiger charge is -2.14. The number of amides is 1. The fourth-order valence-electron chi connectivity index (χ4n) is 3.93. The number of carbonyl (C=O) groups excluding carboxylic acids is 2. The van der Waals surface area contributed by atoms with Crippen LogP contribution >= 0.6 is 11.6 Å². The van der Waals surface area contributed by atoms with Gasteiger partial charge in [0.05, 0.1) is 0 Å². The highest BCUT2D eigenvalue weighted by atomic mass is 35.5. The van der Waals surface area contributed by atoms with Gasteiger partial charge in [0.2, 0.25) is 0 Å². The molecule has 0 unspecified atom stereocenters. The normalized spacial score (nSPS) is 12.4. The Morgan fingerprint density at radius 1 is 0.968 bits per heavy atom. The van der Waals surface area contributed by atoms with Gasteiger partial charge in [-0.05, 0) is 52.4 Å². The maximum absolute atomic E-state index is 12.2. The van der Waals surface area contributed by atoms with Crippen molar-refractivity contribution in [2.45, 2.75) is 12.3 Å². The summed E-state index contributed by atoms with van der Waals surface area (Å²) in [5.41, 5.74) is 6.16. The molecule has 4 nitrogen and oxygen atoms in total. The summed E-state index contributed by atoms with van der Waals surface area (Å²) < 4.78 is 5.52. The number of halogens is 1. The first-order valence-corrected chi connectivity index (χ1v) is 10.5. The molecule has 1 aliphatic rings. The Kier molecular flexibility index (Phi) is 6.48. The second-order valence-corrected chi connectivity index (χ2v) is 7.82. The number of nitrogens with one attached hydrogen (secondary N) is 1. The van der Waals surface area contributed by atoms with Crippen LogP contribution in [0.3, 0.4) is 0 Å². The summed E-state index contributed by atoms with van der Waals surface area (Å²) in [6, 6.07) is 21.7. The van der Waals surface area contributed by atoms with Gasteiger partial charge in [-0.15, -0.1) is 0 Å². The van der Waals surface area contributed by atoms with Crippen molar-refractivity contribution < 1.29 is 14.3 Å². The molecule has 4 rings (SSSR count). The van der Waals surface area contributed by atoms with Crippen molar-refractivity contribution in [2.75, 3.05) is 13.2 Å². The summed E-state index contributed by atoms with van der Waals surface area (Å²) in [6.07, 6.45) is 4.76. The Morgan fingerprint density at radius 3 is 2.29 bits per heavy atom. The van der Waals surface area contributed by atoms with E-state index in [1.807, 2.05) is 36.4 Å². The van der Waals surface area contributed by atoms with E-state index in [1.165, 1.54) is 22.3 Å². The molecule has 31 heavy (non-hydrogen) atoms. The molecule has 0 aliphatic heterocycles. The van der Waals surface area contributed by atoms with Crippen molar-refractivity contribution in [1.29, 1.82) is 0 Å². The molecule has 0 aromatic heterocycles. The highest BCUT2D eigenvalue weighted by Gasteiger charge is 2.28. The Balaban J connectivity index is 1.28. The Hall–Kier alpha value is -3.37. The van der Waals surface area contributed by atoms with Crippen LogP contribution in [0.15, 0.2) is 72.8 Å². The number of carbonyl (C=O) groups is 2. The zero-order chi connectivity index (χ0) is 21.6. The predicted molar refractivity (Wildman–Crippen MR) is 124 cm³/mol. The summed E-state index contributed by atoms with van der Waals surface area (Å²) in [7, 11) is 0. The van der Waals surface area contributed by atoms with Crippen LogP contribution in [0.4, 0.5) is 4.79 Å². The quantitative estimate of drug-likeness (QED) is 0.363. The SMILES string of the molecule is O=Cc1cc(Cl)cc(C=CCCNC(=O)OCC2c3ccccc3-c3ccccc32)c1. The van der Waals surface area contributed by atoms with Gasteiger partial charge in [0.15, 0.2) is 0 Å². The summed E-state index contributed by atoms with van der Waals surface area (Å²) in [6.45, 7) is 0.751. The first kappa shape index (κ1) is 20.9. The third kappa shape index (κ3) is 4.86. The molecule has 1 aliphatic carbocycles. The first-order valence-electron chi connectivity index (χ1n) is 10.2. The molecule has 0 radical (unpaired) electrons. The Bertz CT molecular complexity index is 1090. The molecule has 5 heteroatoms. The first-order chi connectivity index (χ1) is 15.2. The van der Waals surface area contributed by atoms with Crippen LogP contribution in [0.1, 0.15) is 39.4 Å². The van der Waals surface area contributed by atoms with Gasteiger partial charge >= 0.3 is 6.09 Å². The highest BCUT2D eigenvalue weighted by molar-refractivity contribution is 6.31. The summed E-state index contributed by atoms with van der Waals surface area (Å²) in [5, 5.41) is 3.29. The molecular formula is C26H22ClNO3. The Labute approximate surface area is 186 Å². The van der Waals surface area contributed by atoms with E-state index in [0.717, 1.165) is 11.8 Å². The number of aldehydes is 1. The number of hydrogen-bond acceptors (Lipinski definition) is 3. The molecule has 0 saturated carbocycles. The lowest BCUT2D eigenvalue weighted by Crippen LogP contribution is -2.26. The van der Waals surface area contributed by atoms with Gasteiger partial charge in [0.25, 0.3) is 0 Å². The van der Waals surface area contributed by atoms with E-state index in [0.29, 0.717) is 30.2 Å². The standard InChI is InChI=1S/C26H22ClNO3/c27-20-14-18(13-19(15-20)16-29)7-5-6-12-28-26(30)31-17-25-23-10-3-1-8-21(23)22-9-2-4-11-24(22)25/h1-5,7-11,13-16,25H,6,12,17H2,(H,28,30). The average molecular weight is 432 g/mol. The van der Waals surface area contributed by atoms with Crippen molar-refractivity contribution in [2.24, 2.45) is 0 Å². The van der Waals surface area contributed by atoms with Crippen LogP contribution in [0.25, 0.3) is 17.2 Å². The highest BCUT2D eigenvalue weighted by Crippen LogP contribution is 2.44. The maximum Gasteiger partial charge on any atom is 0.407 e. The second-order valence-electron chi connectivity index (χ2n) is 7.38. The van der Waals surface area contributed by atoms with E-state index in [4.69, 9.17) is 16.3 Å². The van der Waals surface area contributed by atoms with Crippen LogP contribution < -0.4 is 5.32 Å². The third-order valence-corrected chi connectivity index (χ3v) is 5.53. The Morgan fingerprint density at radius 2 is 1.61 bits per heavy atom. The van der Waals surface area contributed by atoms with E-state index in [2.05, 4.69) is 29.6 Å². The lowest BCUT2D eigenvalue weighted by atomic mass is 9.98. The molecule has 0 spiro atoms. The molecule has 0 fully saturated rings. The summed E-state index contributed by atoms with van der Waals surface area (Å²) in [5.74, 6) is 0.0490. The fourth-order valence-corrected chi connectivity index (χ4v) is 4.18. The minimum Gasteiger partial charge on any atom is -0.449 e. The molecule has 0 bridgehead atoms. The van der Waals surface area contributed by atoms with Crippen LogP contribution in [-0.4, -0.2) is 25.5 Å². The molecule has 156 valence electrons. The molecule has 3 aromatic rings. The van der Waals surface area contributed by atoms with Gasteiger partial charge in [0, 0.05) is 23.0 Å². The van der Waals surface area contributed by atoms with Gasteiger partial charge in [-0.3, -0.25) is 4.79 Å². The zero-order valence-electron chi connectivity index (χ0n) is 16.9. The number of hydrogen-bond donors (Lipinski definition) is 1. The third-order valence-electron chi connectivity index (χ3n) is 5.31. The monoisotopic (exact) mass is 431 g/mol. The largest absolute Gasteiger partial charge is 0.449 e. The van der Waals surface area contributed by atoms with Gasteiger partial charge in [-0.2, -0.15) is 0 Å². The van der Waals surface area contributed by atoms with Crippen molar-refractivity contribution in [1.82, 2.24) is 5.32 Å². The van der Waals surface area contributed by atoms with E-state index in [-0.39, 0.29) is 5.92 Å². The molecule has 1 amide bonds. The minimum atomic E-state index is -0.429. The number of benzene rings is 3. The van der Waals surface area contributed by atoms with E-state index < -0.39 is 6.09 Å². The second kappa shape index (κ2) is 9.63. The van der Waals surface area contributed by atoms with E-state index in [9.17, 15) is 9.59 Å². The summed E-state index contributed by atoms with van der Waals surface area (Å²) in [4.78, 5) is 23.1. The van der Waals surface area contributed by atoms with Crippen molar-refractivity contribution in [3.8, 4) is 11.1 Å². The molecule has 1 N–H and O–H groups in total. The van der Waals surface area contributed by atoms with E-state index >= 15 is 0 Å². The van der Waals surface area contributed by atoms with Crippen LogP contribution in [0.5, 0.6) is 0 Å². The number of alkyl carbamates (subject to hydrolysis) is 1. The number of fused-ring (bicyclic) bond motifs is 3. The van der Waals surface area contributed by atoms with Gasteiger partial charge in [-0.1, -0.05) is 72.3 Å². The smallest absolute Gasteiger partial charge is 0.407 e. The van der Waals surface area contributed by atoms with Crippen LogP contribution in [0, 0.1) is 0 Å². The fraction of sp³-hybridized carbons (Fsp3) is 0.154. The van der Waals surface area contributed by atoms with E-state index in [1.54, 1.807) is 18.2 Å². The number of rotatable bonds is 7. The van der Waals surface area contributed by atoms with Crippen LogP contribution in [-0.2, 0) is 4.74 Å². The molecular weight excluding hydrogens is 410 g/mol. The number of ether oxygens (including phenoxy) is 1. The van der Waals surface area contributed by atoms with Crippen molar-refractivity contribution in [3.63, 3.8) is 0 Å². The van der Waals surface area contributed by atoms with Gasteiger partial charge in [-0.25, -0.2) is 4.79 Å². The van der Waals surface area contributed by atoms with Crippen molar-refractivity contribution >= 4 is 30.1 Å². The topological polar surface area (TPSA) is 55.4 Å². The van der Waals surface area contributed by atoms with Crippen LogP contribution in [0.2, 0.25) is 5.02 Å². The minimum absolute atomic E-state index is 0.0490. The lowest BCUT2D eigenvalue weighted by molar-refractivity contribution is 0.112. The average Bonchev–Trinajstić information content (AvgIpc) is 3.11. The van der Waals surface area contributed by atoms with Crippen molar-refractivity contribution in [3.05, 3.63) is 100 Å². The zero-order valence-corrected chi connectivity index (χ0v) is 17.6. The molecule has 0 saturated heterocycles.